The fraction of sp³-hybridized carbons (Fsp3) is 0.167. The van der Waals surface area contributed by atoms with Crippen molar-refractivity contribution in [3.8, 4) is 0 Å². The Morgan fingerprint density at radius 3 is 2.02 bits per heavy atom. The van der Waals surface area contributed by atoms with Crippen molar-refractivity contribution in [2.75, 3.05) is 22.9 Å². The van der Waals surface area contributed by atoms with Crippen LogP contribution in [0.5, 0.6) is 0 Å². The van der Waals surface area contributed by atoms with E-state index >= 15 is 0 Å². The molecule has 0 fully saturated rings. The largest absolute Gasteiger partial charge is 0.363 e. The molecule has 0 aliphatic rings. The summed E-state index contributed by atoms with van der Waals surface area (Å²) in [5.41, 5.74) is -0.902. The second-order valence-corrected chi connectivity index (χ2v) is 18.4. The zero-order valence-electron chi connectivity index (χ0n) is 30.2. The van der Waals surface area contributed by atoms with Crippen molar-refractivity contribution in [3.63, 3.8) is 0 Å². The van der Waals surface area contributed by atoms with E-state index in [0.29, 0.717) is 24.9 Å². The standard InChI is InChI=1S/C21H14Cl2F2N4O3S.C15H13BrCl2F2N2O3S/c1-21(24,25)15-9-12(2-3-16(15)23)33(31,32)29-17-8-11(22)10-28-18(17)19(30)13-4-6-26-20-14(13)5-7-27-20;1-15(19,20)11-6-10(3-4-12(11)18)26(23,24)22(8-25-2)13-5-9(17)7-21-14(13)16/h2-10,29H,1H3,(H,26,27);3-7H,8H2,1-2H3. The number of ketones is 1. The number of methoxy groups -OCH3 is 1. The molecule has 2 N–H and O–H groups in total. The predicted molar refractivity (Wildman–Crippen MR) is 220 cm³/mol. The molecule has 0 atom stereocenters. The number of ether oxygens (including phenoxy) is 1. The highest BCUT2D eigenvalue weighted by Crippen LogP contribution is 2.38. The van der Waals surface area contributed by atoms with Gasteiger partial charge in [-0.3, -0.25) is 9.52 Å². The first kappa shape index (κ1) is 46.0. The number of benzene rings is 2. The van der Waals surface area contributed by atoms with Gasteiger partial charge in [0.2, 0.25) is 5.78 Å². The van der Waals surface area contributed by atoms with Crippen molar-refractivity contribution in [3.05, 3.63) is 133 Å². The Kier molecular flexibility index (Phi) is 13.9. The SMILES string of the molecule is CC(F)(F)c1cc(S(=O)(=O)Nc2cc(Cl)cnc2C(=O)c2ccnc3[nH]ccc23)ccc1Cl.COCN(c1cc(Cl)cnc1Br)S(=O)(=O)c1ccc(Cl)c(C(C)(F)F)c1. The van der Waals surface area contributed by atoms with Crippen molar-refractivity contribution in [1.29, 1.82) is 0 Å². The minimum absolute atomic E-state index is 0.0580. The number of hydrogen-bond acceptors (Lipinski definition) is 9. The van der Waals surface area contributed by atoms with Crippen molar-refractivity contribution >= 4 is 111 Å². The Labute approximate surface area is 363 Å². The normalized spacial score (nSPS) is 12.2. The Balaban J connectivity index is 0.000000231. The van der Waals surface area contributed by atoms with Crippen LogP contribution in [0.2, 0.25) is 20.1 Å². The van der Waals surface area contributed by atoms with E-state index in [1.165, 1.54) is 43.9 Å². The molecule has 4 aromatic heterocycles. The van der Waals surface area contributed by atoms with E-state index in [1.54, 1.807) is 12.3 Å². The molecule has 59 heavy (non-hydrogen) atoms. The predicted octanol–water partition coefficient (Wildman–Crippen LogP) is 10.5. The average molecular weight is 1000 g/mol. The van der Waals surface area contributed by atoms with Crippen molar-refractivity contribution in [2.45, 2.75) is 35.5 Å². The minimum atomic E-state index is -4.41. The number of aromatic amines is 1. The molecule has 4 heterocycles. The zero-order valence-corrected chi connectivity index (χ0v) is 36.5. The van der Waals surface area contributed by atoms with Gasteiger partial charge in [0.25, 0.3) is 31.9 Å². The van der Waals surface area contributed by atoms with Crippen LogP contribution in [0.15, 0.2) is 99.8 Å². The number of nitrogens with one attached hydrogen (secondary N) is 2. The van der Waals surface area contributed by atoms with Gasteiger partial charge in [0.05, 0.1) is 31.2 Å². The monoisotopic (exact) mass is 998 g/mol. The molecule has 0 aliphatic carbocycles. The minimum Gasteiger partial charge on any atom is -0.363 e. The van der Waals surface area contributed by atoms with Crippen molar-refractivity contribution in [1.82, 2.24) is 19.9 Å². The molecule has 312 valence electrons. The fourth-order valence-electron chi connectivity index (χ4n) is 5.30. The molecule has 2 aromatic carbocycles. The lowest BCUT2D eigenvalue weighted by Crippen LogP contribution is -2.33. The van der Waals surface area contributed by atoms with Gasteiger partial charge >= 0.3 is 0 Å². The summed E-state index contributed by atoms with van der Waals surface area (Å²) in [4.78, 5) is 27.4. The van der Waals surface area contributed by atoms with Crippen LogP contribution in [-0.2, 0) is 36.6 Å². The number of rotatable bonds is 12. The third kappa shape index (κ3) is 10.5. The first-order valence-electron chi connectivity index (χ1n) is 16.3. The molecule has 23 heteroatoms. The van der Waals surface area contributed by atoms with Crippen molar-refractivity contribution < 1.29 is 43.9 Å². The lowest BCUT2D eigenvalue weighted by atomic mass is 10.0. The van der Waals surface area contributed by atoms with Crippen LogP contribution in [-0.4, -0.2) is 56.4 Å². The highest BCUT2D eigenvalue weighted by atomic mass is 79.9. The number of pyridine rings is 3. The topological polar surface area (TPSA) is 164 Å². The summed E-state index contributed by atoms with van der Waals surface area (Å²) in [7, 11) is -7.38. The van der Waals surface area contributed by atoms with Gasteiger partial charge in [-0.1, -0.05) is 46.4 Å². The Morgan fingerprint density at radius 1 is 0.831 bits per heavy atom. The molecule has 6 rings (SSSR count). The average Bonchev–Trinajstić information content (AvgIpc) is 3.63. The summed E-state index contributed by atoms with van der Waals surface area (Å²) in [6.07, 6.45) is 5.55. The van der Waals surface area contributed by atoms with Gasteiger partial charge in [0, 0.05) is 77.9 Å². The van der Waals surface area contributed by atoms with E-state index in [0.717, 1.165) is 40.7 Å². The van der Waals surface area contributed by atoms with Gasteiger partial charge in [-0.15, -0.1) is 0 Å². The molecule has 0 spiro atoms. The Bertz CT molecular complexity index is 2790. The molecular formula is C36H27BrCl4F4N6O6S2. The molecular weight excluding hydrogens is 974 g/mol. The first-order chi connectivity index (χ1) is 27.4. The highest BCUT2D eigenvalue weighted by molar-refractivity contribution is 9.10. The summed E-state index contributed by atoms with van der Waals surface area (Å²) < 4.78 is 115. The summed E-state index contributed by atoms with van der Waals surface area (Å²) in [6, 6.07) is 11.7. The summed E-state index contributed by atoms with van der Waals surface area (Å²) in [5, 5.41) is 0.245. The summed E-state index contributed by atoms with van der Waals surface area (Å²) >= 11 is 26.6. The van der Waals surface area contributed by atoms with Crippen LogP contribution < -0.4 is 9.03 Å². The van der Waals surface area contributed by atoms with E-state index in [-0.39, 0.29) is 59.0 Å². The van der Waals surface area contributed by atoms with Crippen LogP contribution in [0.3, 0.4) is 0 Å². The maximum Gasteiger partial charge on any atom is 0.272 e. The summed E-state index contributed by atoms with van der Waals surface area (Å²) in [6.45, 7) is 0.852. The molecule has 0 bridgehead atoms. The number of carbonyl (C=O) groups is 1. The number of hydrogen-bond donors (Lipinski definition) is 2. The number of H-pyrrole nitrogens is 1. The Hall–Kier alpha value is -4.08. The van der Waals surface area contributed by atoms with Crippen LogP contribution in [0.25, 0.3) is 11.0 Å². The second kappa shape index (κ2) is 17.9. The number of sulfonamides is 2. The highest BCUT2D eigenvalue weighted by Gasteiger charge is 2.33. The molecule has 6 aromatic rings. The van der Waals surface area contributed by atoms with E-state index in [2.05, 4.69) is 40.6 Å². The number of fused-ring (bicyclic) bond motifs is 1. The van der Waals surface area contributed by atoms with Crippen LogP contribution >= 0.6 is 62.3 Å². The third-order valence-electron chi connectivity index (χ3n) is 8.04. The van der Waals surface area contributed by atoms with Gasteiger partial charge in [-0.25, -0.2) is 53.7 Å². The van der Waals surface area contributed by atoms with Gasteiger partial charge in [0.1, 0.15) is 22.7 Å². The number of halogens is 9. The molecule has 0 amide bonds. The third-order valence-corrected chi connectivity index (χ3v) is 12.8. The number of anilines is 2. The number of alkyl halides is 4. The molecule has 0 saturated carbocycles. The van der Waals surface area contributed by atoms with Gasteiger partial charge in [-0.05, 0) is 76.6 Å². The van der Waals surface area contributed by atoms with E-state index in [4.69, 9.17) is 51.1 Å². The Morgan fingerprint density at radius 2 is 1.41 bits per heavy atom. The molecule has 0 radical (unpaired) electrons. The van der Waals surface area contributed by atoms with Crippen LogP contribution in [0, 0.1) is 0 Å². The van der Waals surface area contributed by atoms with Crippen LogP contribution in [0.1, 0.15) is 41.0 Å². The van der Waals surface area contributed by atoms with E-state index in [9.17, 15) is 39.2 Å². The molecule has 0 saturated heterocycles. The fourth-order valence-corrected chi connectivity index (χ4v) is 9.21. The number of nitrogens with zero attached hydrogens (tertiary/aromatic N) is 4. The smallest absolute Gasteiger partial charge is 0.272 e. The quantitative estimate of drug-likeness (QED) is 0.0525. The molecule has 12 nitrogen and oxygen atoms in total. The lowest BCUT2D eigenvalue weighted by Gasteiger charge is -2.25. The second-order valence-electron chi connectivity index (χ2n) is 12.4. The van der Waals surface area contributed by atoms with Gasteiger partial charge in [-0.2, -0.15) is 0 Å². The maximum absolute atomic E-state index is 13.8. The zero-order chi connectivity index (χ0) is 43.7. The number of aromatic nitrogens is 4. The molecule has 0 aliphatic heterocycles. The molecule has 0 unspecified atom stereocenters. The van der Waals surface area contributed by atoms with Gasteiger partial charge < -0.3 is 9.72 Å². The maximum atomic E-state index is 13.8. The number of carbonyl (C=O) groups excluding carboxylic acids is 1. The first-order valence-corrected chi connectivity index (χ1v) is 21.5. The van der Waals surface area contributed by atoms with E-state index in [1.807, 2.05) is 0 Å². The van der Waals surface area contributed by atoms with Crippen molar-refractivity contribution in [2.24, 2.45) is 0 Å². The van der Waals surface area contributed by atoms with Gasteiger partial charge in [0.15, 0.2) is 0 Å². The summed E-state index contributed by atoms with van der Waals surface area (Å²) in [5.74, 6) is -7.27. The van der Waals surface area contributed by atoms with E-state index < -0.39 is 53.7 Å². The van der Waals surface area contributed by atoms with Crippen LogP contribution in [0.4, 0.5) is 28.9 Å². The lowest BCUT2D eigenvalue weighted by molar-refractivity contribution is 0.0166.